The SMILES string of the molecule is CCNc1cc(NCC(=O)OCC)nc(COC)n1. The second-order valence-corrected chi connectivity index (χ2v) is 3.68. The van der Waals surface area contributed by atoms with Crippen LogP contribution in [-0.2, 0) is 20.9 Å². The Balaban J connectivity index is 2.72. The highest BCUT2D eigenvalue weighted by Crippen LogP contribution is 2.11. The number of hydrogen-bond acceptors (Lipinski definition) is 7. The molecule has 1 aromatic rings. The fraction of sp³-hybridized carbons (Fsp3) is 0.583. The van der Waals surface area contributed by atoms with Gasteiger partial charge < -0.3 is 20.1 Å². The highest BCUT2D eigenvalue weighted by Gasteiger charge is 2.06. The Morgan fingerprint density at radius 3 is 2.53 bits per heavy atom. The Hall–Kier alpha value is -1.89. The summed E-state index contributed by atoms with van der Waals surface area (Å²) in [5.41, 5.74) is 0. The van der Waals surface area contributed by atoms with E-state index in [2.05, 4.69) is 20.6 Å². The highest BCUT2D eigenvalue weighted by atomic mass is 16.5. The zero-order valence-electron chi connectivity index (χ0n) is 11.5. The predicted molar refractivity (Wildman–Crippen MR) is 72.0 cm³/mol. The predicted octanol–water partition coefficient (Wildman–Crippen LogP) is 1.03. The molecule has 0 bridgehead atoms. The molecule has 0 fully saturated rings. The van der Waals surface area contributed by atoms with Crippen molar-refractivity contribution in [3.8, 4) is 0 Å². The molecule has 0 atom stereocenters. The van der Waals surface area contributed by atoms with E-state index in [1.54, 1.807) is 20.1 Å². The van der Waals surface area contributed by atoms with Crippen LogP contribution in [0, 0.1) is 0 Å². The number of rotatable bonds is 8. The lowest BCUT2D eigenvalue weighted by Crippen LogP contribution is -2.18. The van der Waals surface area contributed by atoms with E-state index < -0.39 is 0 Å². The molecule has 0 aliphatic heterocycles. The number of nitrogens with one attached hydrogen (secondary N) is 2. The average Bonchev–Trinajstić information content (AvgIpc) is 2.37. The van der Waals surface area contributed by atoms with Crippen LogP contribution in [0.25, 0.3) is 0 Å². The standard InChI is InChI=1S/C12H20N4O3/c1-4-13-9-6-10(14-7-12(17)19-5-2)16-11(15-9)8-18-3/h6H,4-5,7-8H2,1-3H3,(H2,13,14,15,16). The maximum atomic E-state index is 11.3. The first kappa shape index (κ1) is 15.2. The number of carbonyl (C=O) groups is 1. The molecular formula is C12H20N4O3. The zero-order chi connectivity index (χ0) is 14.1. The van der Waals surface area contributed by atoms with Crippen LogP contribution in [0.1, 0.15) is 19.7 Å². The molecule has 7 nitrogen and oxygen atoms in total. The summed E-state index contributed by atoms with van der Waals surface area (Å²) in [6.07, 6.45) is 0. The van der Waals surface area contributed by atoms with Gasteiger partial charge in [0.1, 0.15) is 24.8 Å². The number of hydrogen-bond donors (Lipinski definition) is 2. The summed E-state index contributed by atoms with van der Waals surface area (Å²) in [5, 5.41) is 6.00. The summed E-state index contributed by atoms with van der Waals surface area (Å²) in [6.45, 7) is 5.24. The van der Waals surface area contributed by atoms with Gasteiger partial charge in [-0.3, -0.25) is 4.79 Å². The van der Waals surface area contributed by atoms with Crippen LogP contribution < -0.4 is 10.6 Å². The van der Waals surface area contributed by atoms with E-state index in [1.165, 1.54) is 0 Å². The van der Waals surface area contributed by atoms with E-state index in [0.717, 1.165) is 6.54 Å². The Labute approximate surface area is 112 Å². The Kier molecular flexibility index (Phi) is 6.59. The van der Waals surface area contributed by atoms with Crippen LogP contribution in [0.4, 0.5) is 11.6 Å². The number of nitrogens with zero attached hydrogens (tertiary/aromatic N) is 2. The molecule has 0 unspecified atom stereocenters. The fourth-order valence-corrected chi connectivity index (χ4v) is 1.43. The molecule has 2 N–H and O–H groups in total. The first-order chi connectivity index (χ1) is 9.19. The summed E-state index contributed by atoms with van der Waals surface area (Å²) in [6, 6.07) is 1.74. The van der Waals surface area contributed by atoms with Gasteiger partial charge in [-0.1, -0.05) is 0 Å². The third-order valence-corrected chi connectivity index (χ3v) is 2.12. The van der Waals surface area contributed by atoms with Crippen molar-refractivity contribution in [1.82, 2.24) is 9.97 Å². The number of carbonyl (C=O) groups excluding carboxylic acids is 1. The molecule has 19 heavy (non-hydrogen) atoms. The molecule has 1 heterocycles. The second kappa shape index (κ2) is 8.25. The molecule has 0 aliphatic rings. The summed E-state index contributed by atoms with van der Waals surface area (Å²) >= 11 is 0. The van der Waals surface area contributed by atoms with Gasteiger partial charge in [-0.2, -0.15) is 0 Å². The number of methoxy groups -OCH3 is 1. The van der Waals surface area contributed by atoms with Crippen LogP contribution in [0.3, 0.4) is 0 Å². The number of aromatic nitrogens is 2. The van der Waals surface area contributed by atoms with E-state index in [9.17, 15) is 4.79 Å². The molecule has 106 valence electrons. The molecule has 7 heteroatoms. The summed E-state index contributed by atoms with van der Waals surface area (Å²) < 4.78 is 9.84. The van der Waals surface area contributed by atoms with Gasteiger partial charge in [0.15, 0.2) is 5.82 Å². The van der Waals surface area contributed by atoms with Gasteiger partial charge >= 0.3 is 5.97 Å². The molecule has 1 rings (SSSR count). The minimum absolute atomic E-state index is 0.0723. The lowest BCUT2D eigenvalue weighted by molar-refractivity contribution is -0.140. The third kappa shape index (κ3) is 5.52. The minimum Gasteiger partial charge on any atom is -0.465 e. The van der Waals surface area contributed by atoms with E-state index in [-0.39, 0.29) is 12.5 Å². The van der Waals surface area contributed by atoms with Crippen LogP contribution in [0.15, 0.2) is 6.07 Å². The number of ether oxygens (including phenoxy) is 2. The summed E-state index contributed by atoms with van der Waals surface area (Å²) in [5.74, 6) is 1.48. The van der Waals surface area contributed by atoms with Gasteiger partial charge in [0.2, 0.25) is 0 Å². The molecule has 1 aromatic heterocycles. The van der Waals surface area contributed by atoms with E-state index in [1.807, 2.05) is 6.92 Å². The molecule has 0 amide bonds. The molecule has 0 spiro atoms. The summed E-state index contributed by atoms with van der Waals surface area (Å²) in [4.78, 5) is 19.8. The minimum atomic E-state index is -0.320. The second-order valence-electron chi connectivity index (χ2n) is 3.68. The number of anilines is 2. The lowest BCUT2D eigenvalue weighted by Gasteiger charge is -2.10. The first-order valence-electron chi connectivity index (χ1n) is 6.19. The van der Waals surface area contributed by atoms with Crippen molar-refractivity contribution in [3.63, 3.8) is 0 Å². The maximum absolute atomic E-state index is 11.3. The van der Waals surface area contributed by atoms with Crippen LogP contribution in [0.5, 0.6) is 0 Å². The zero-order valence-corrected chi connectivity index (χ0v) is 11.5. The largest absolute Gasteiger partial charge is 0.465 e. The van der Waals surface area contributed by atoms with Gasteiger partial charge in [0.05, 0.1) is 6.61 Å². The van der Waals surface area contributed by atoms with E-state index >= 15 is 0 Å². The van der Waals surface area contributed by atoms with Gasteiger partial charge in [-0.15, -0.1) is 0 Å². The van der Waals surface area contributed by atoms with Crippen molar-refractivity contribution in [1.29, 1.82) is 0 Å². The molecule has 0 radical (unpaired) electrons. The van der Waals surface area contributed by atoms with Crippen LogP contribution in [-0.4, -0.2) is 42.7 Å². The van der Waals surface area contributed by atoms with Crippen molar-refractivity contribution in [2.24, 2.45) is 0 Å². The molecule has 0 saturated carbocycles. The van der Waals surface area contributed by atoms with Crippen LogP contribution >= 0.6 is 0 Å². The van der Waals surface area contributed by atoms with E-state index in [0.29, 0.717) is 30.7 Å². The quantitative estimate of drug-likeness (QED) is 0.681. The molecule has 0 saturated heterocycles. The smallest absolute Gasteiger partial charge is 0.325 e. The van der Waals surface area contributed by atoms with Crippen molar-refractivity contribution in [2.45, 2.75) is 20.5 Å². The number of esters is 1. The van der Waals surface area contributed by atoms with Crippen molar-refractivity contribution < 1.29 is 14.3 Å². The van der Waals surface area contributed by atoms with Gasteiger partial charge in [-0.05, 0) is 13.8 Å². The fourth-order valence-electron chi connectivity index (χ4n) is 1.43. The average molecular weight is 268 g/mol. The molecule has 0 aromatic carbocycles. The monoisotopic (exact) mass is 268 g/mol. The Morgan fingerprint density at radius 1 is 1.26 bits per heavy atom. The Morgan fingerprint density at radius 2 is 1.95 bits per heavy atom. The van der Waals surface area contributed by atoms with E-state index in [4.69, 9.17) is 9.47 Å². The van der Waals surface area contributed by atoms with Gasteiger partial charge in [0, 0.05) is 19.7 Å². The molecular weight excluding hydrogens is 248 g/mol. The van der Waals surface area contributed by atoms with Crippen molar-refractivity contribution in [2.75, 3.05) is 37.4 Å². The maximum Gasteiger partial charge on any atom is 0.325 e. The first-order valence-corrected chi connectivity index (χ1v) is 6.19. The van der Waals surface area contributed by atoms with Gasteiger partial charge in [0.25, 0.3) is 0 Å². The summed E-state index contributed by atoms with van der Waals surface area (Å²) in [7, 11) is 1.58. The Bertz CT molecular complexity index is 388. The molecule has 0 aliphatic carbocycles. The lowest BCUT2D eigenvalue weighted by atomic mass is 10.4. The third-order valence-electron chi connectivity index (χ3n) is 2.12. The highest BCUT2D eigenvalue weighted by molar-refractivity contribution is 5.74. The normalized spacial score (nSPS) is 10.1. The topological polar surface area (TPSA) is 85.4 Å². The van der Waals surface area contributed by atoms with Crippen LogP contribution in [0.2, 0.25) is 0 Å². The van der Waals surface area contributed by atoms with Crippen molar-refractivity contribution in [3.05, 3.63) is 11.9 Å². The van der Waals surface area contributed by atoms with Crippen molar-refractivity contribution >= 4 is 17.6 Å². The van der Waals surface area contributed by atoms with Gasteiger partial charge in [-0.25, -0.2) is 9.97 Å².